The second-order valence-corrected chi connectivity index (χ2v) is 6.07. The summed E-state index contributed by atoms with van der Waals surface area (Å²) < 4.78 is 4.48. The van der Waals surface area contributed by atoms with Crippen LogP contribution in [0, 0.1) is 6.57 Å². The molecule has 1 aliphatic heterocycles. The number of rotatable bonds is 1. The fourth-order valence-electron chi connectivity index (χ4n) is 3.61. The van der Waals surface area contributed by atoms with Crippen LogP contribution in [0.1, 0.15) is 5.56 Å². The number of nitrogens with zero attached hydrogens (tertiary/aromatic N) is 3. The molecule has 3 aromatic carbocycles. The van der Waals surface area contributed by atoms with Crippen LogP contribution in [0.4, 0.5) is 5.69 Å². The molecule has 0 saturated heterocycles. The molecule has 0 bridgehead atoms. The summed E-state index contributed by atoms with van der Waals surface area (Å²) in [6, 6.07) is 22.9. The van der Waals surface area contributed by atoms with Crippen molar-refractivity contribution in [1.82, 2.24) is 4.68 Å². The maximum Gasteiger partial charge on any atom is 0.204 e. The van der Waals surface area contributed by atoms with E-state index in [0.29, 0.717) is 5.69 Å². The second-order valence-electron chi connectivity index (χ2n) is 6.07. The Morgan fingerprint density at radius 1 is 0.958 bits per heavy atom. The van der Waals surface area contributed by atoms with Gasteiger partial charge in [-0.3, -0.25) is 0 Å². The third-order valence-electron chi connectivity index (χ3n) is 4.66. The normalized spacial score (nSPS) is 12.0. The van der Waals surface area contributed by atoms with Gasteiger partial charge < -0.3 is 0 Å². The maximum atomic E-state index is 7.30. The van der Waals surface area contributed by atoms with E-state index in [9.17, 15) is 0 Å². The van der Waals surface area contributed by atoms with Crippen LogP contribution in [0.15, 0.2) is 72.9 Å². The summed E-state index contributed by atoms with van der Waals surface area (Å²) in [4.78, 5) is 3.59. The number of benzene rings is 3. The van der Waals surface area contributed by atoms with Gasteiger partial charge in [0.15, 0.2) is 12.2 Å². The fraction of sp³-hybridized carbons (Fsp3) is 0.0476. The summed E-state index contributed by atoms with van der Waals surface area (Å²) in [7, 11) is 0. The maximum absolute atomic E-state index is 7.30. The lowest BCUT2D eigenvalue weighted by Crippen LogP contribution is -2.36. The van der Waals surface area contributed by atoms with Gasteiger partial charge in [0, 0.05) is 11.1 Å². The monoisotopic (exact) mass is 308 g/mol. The van der Waals surface area contributed by atoms with Crippen molar-refractivity contribution in [1.29, 1.82) is 0 Å². The Bertz CT molecular complexity index is 1130. The lowest BCUT2D eigenvalue weighted by Gasteiger charge is -2.07. The van der Waals surface area contributed by atoms with Crippen molar-refractivity contribution in [3.63, 3.8) is 0 Å². The van der Waals surface area contributed by atoms with Crippen molar-refractivity contribution < 1.29 is 4.68 Å². The first-order valence-corrected chi connectivity index (χ1v) is 7.95. The summed E-state index contributed by atoms with van der Waals surface area (Å²) in [6.07, 6.45) is 2.16. The average Bonchev–Trinajstić information content (AvgIpc) is 3.17. The van der Waals surface area contributed by atoms with Gasteiger partial charge in [0.1, 0.15) is 11.2 Å². The van der Waals surface area contributed by atoms with Crippen molar-refractivity contribution in [3.8, 4) is 16.8 Å². The standard InChI is InChI=1S/C21H14N3/c1-22-18-11-10-16-13-23-14-17-8-5-9-19(15-6-3-2-4-7-15)21(17)24(23)20(16)12-18/h2-13H,14H2/q+1. The summed E-state index contributed by atoms with van der Waals surface area (Å²) in [5, 5.41) is 1.16. The van der Waals surface area contributed by atoms with Gasteiger partial charge in [-0.05, 0) is 11.6 Å². The Morgan fingerprint density at radius 2 is 1.83 bits per heavy atom. The molecular formula is C21H14N3+. The van der Waals surface area contributed by atoms with Gasteiger partial charge in [0.25, 0.3) is 0 Å². The van der Waals surface area contributed by atoms with E-state index in [1.807, 2.05) is 24.3 Å². The van der Waals surface area contributed by atoms with Gasteiger partial charge in [-0.25, -0.2) is 4.85 Å². The van der Waals surface area contributed by atoms with Crippen molar-refractivity contribution in [2.75, 3.05) is 0 Å². The van der Waals surface area contributed by atoms with E-state index in [4.69, 9.17) is 6.57 Å². The number of hydrogen-bond acceptors (Lipinski definition) is 0. The predicted octanol–water partition coefficient (Wildman–Crippen LogP) is 4.50. The molecule has 3 nitrogen and oxygen atoms in total. The second kappa shape index (κ2) is 4.81. The van der Waals surface area contributed by atoms with Crippen LogP contribution in [0.5, 0.6) is 0 Å². The molecule has 0 N–H and O–H groups in total. The minimum absolute atomic E-state index is 0.676. The number of aromatic nitrogens is 2. The molecule has 0 atom stereocenters. The molecule has 3 heteroatoms. The van der Waals surface area contributed by atoms with Crippen LogP contribution >= 0.6 is 0 Å². The predicted molar refractivity (Wildman–Crippen MR) is 94.3 cm³/mol. The molecule has 4 aromatic rings. The van der Waals surface area contributed by atoms with Crippen LogP contribution in [-0.4, -0.2) is 4.68 Å². The largest absolute Gasteiger partial charge is 0.238 e. The highest BCUT2D eigenvalue weighted by atomic mass is 15.4. The lowest BCUT2D eigenvalue weighted by atomic mass is 10.0. The molecule has 0 unspecified atom stereocenters. The zero-order valence-corrected chi connectivity index (χ0v) is 13.0. The summed E-state index contributed by atoms with van der Waals surface area (Å²) in [5.74, 6) is 0. The number of fused-ring (bicyclic) bond motifs is 5. The van der Waals surface area contributed by atoms with Gasteiger partial charge in [-0.2, -0.15) is 0 Å². The van der Waals surface area contributed by atoms with Gasteiger partial charge >= 0.3 is 0 Å². The Hall–Kier alpha value is -3.38. The highest BCUT2D eigenvalue weighted by molar-refractivity contribution is 5.86. The molecule has 112 valence electrons. The van der Waals surface area contributed by atoms with Crippen LogP contribution in [0.2, 0.25) is 0 Å². The Morgan fingerprint density at radius 3 is 2.67 bits per heavy atom. The van der Waals surface area contributed by atoms with Crippen molar-refractivity contribution in [2.45, 2.75) is 6.54 Å². The molecule has 0 radical (unpaired) electrons. The fourth-order valence-corrected chi connectivity index (χ4v) is 3.61. The smallest absolute Gasteiger partial charge is 0.204 e. The van der Waals surface area contributed by atoms with Crippen molar-refractivity contribution in [2.24, 2.45) is 0 Å². The van der Waals surface area contributed by atoms with E-state index >= 15 is 0 Å². The topological polar surface area (TPSA) is 13.2 Å². The first-order valence-electron chi connectivity index (χ1n) is 7.95. The zero-order chi connectivity index (χ0) is 16.1. The van der Waals surface area contributed by atoms with E-state index in [2.05, 4.69) is 62.9 Å². The Labute approximate surface area is 139 Å². The lowest BCUT2D eigenvalue weighted by molar-refractivity contribution is -0.749. The molecule has 1 aliphatic rings. The van der Waals surface area contributed by atoms with E-state index in [0.717, 1.165) is 17.4 Å². The molecule has 0 saturated carbocycles. The minimum Gasteiger partial charge on any atom is -0.238 e. The van der Waals surface area contributed by atoms with Crippen LogP contribution in [0.25, 0.3) is 32.6 Å². The molecule has 0 amide bonds. The molecule has 0 aliphatic carbocycles. The van der Waals surface area contributed by atoms with E-state index < -0.39 is 0 Å². The summed E-state index contributed by atoms with van der Waals surface area (Å²) >= 11 is 0. The SMILES string of the molecule is [C-]#[N+]c1ccc2c[n+]3n(c2c1)-c1c(cccc1-c1ccccc1)C3. The van der Waals surface area contributed by atoms with Gasteiger partial charge in [0.2, 0.25) is 6.20 Å². The molecule has 5 rings (SSSR count). The van der Waals surface area contributed by atoms with Gasteiger partial charge in [-0.1, -0.05) is 60.7 Å². The van der Waals surface area contributed by atoms with Crippen molar-refractivity contribution >= 4 is 16.6 Å². The molecule has 24 heavy (non-hydrogen) atoms. The first kappa shape index (κ1) is 13.1. The van der Waals surface area contributed by atoms with Crippen LogP contribution < -0.4 is 4.68 Å². The quantitative estimate of drug-likeness (QED) is 0.320. The third kappa shape index (κ3) is 1.74. The summed E-state index contributed by atoms with van der Waals surface area (Å²) in [6.45, 7) is 8.16. The number of para-hydroxylation sites is 1. The molecule has 0 spiro atoms. The average molecular weight is 308 g/mol. The Balaban J connectivity index is 1.85. The molecule has 1 aromatic heterocycles. The van der Waals surface area contributed by atoms with Crippen molar-refractivity contribution in [3.05, 3.63) is 89.9 Å². The minimum atomic E-state index is 0.676. The highest BCUT2D eigenvalue weighted by Gasteiger charge is 2.30. The van der Waals surface area contributed by atoms with Gasteiger partial charge in [0.05, 0.1) is 12.0 Å². The Kier molecular flexibility index (Phi) is 2.62. The van der Waals surface area contributed by atoms with Crippen LogP contribution in [0.3, 0.4) is 0 Å². The number of hydrogen-bond donors (Lipinski definition) is 0. The molecule has 2 heterocycles. The van der Waals surface area contributed by atoms with Gasteiger partial charge in [-0.15, -0.1) is 9.36 Å². The first-order chi connectivity index (χ1) is 11.8. The molecular weight excluding hydrogens is 294 g/mol. The highest BCUT2D eigenvalue weighted by Crippen LogP contribution is 2.34. The zero-order valence-electron chi connectivity index (χ0n) is 13.0. The van der Waals surface area contributed by atoms with E-state index in [1.165, 1.54) is 22.4 Å². The van der Waals surface area contributed by atoms with E-state index in [1.54, 1.807) is 0 Å². The third-order valence-corrected chi connectivity index (χ3v) is 4.66. The van der Waals surface area contributed by atoms with Crippen LogP contribution in [-0.2, 0) is 6.54 Å². The molecule has 0 fully saturated rings. The summed E-state index contributed by atoms with van der Waals surface area (Å²) in [5.41, 5.74) is 6.74. The van der Waals surface area contributed by atoms with E-state index in [-0.39, 0.29) is 0 Å².